The molecule has 1 aromatic carbocycles. The van der Waals surface area contributed by atoms with Crippen LogP contribution in [0.3, 0.4) is 0 Å². The normalized spacial score (nSPS) is 17.2. The summed E-state index contributed by atoms with van der Waals surface area (Å²) in [5, 5.41) is 17.0. The van der Waals surface area contributed by atoms with Crippen LogP contribution in [0.25, 0.3) is 0 Å². The highest BCUT2D eigenvalue weighted by molar-refractivity contribution is 6.69. The van der Waals surface area contributed by atoms with E-state index in [2.05, 4.69) is 15.2 Å². The van der Waals surface area contributed by atoms with Gasteiger partial charge in [-0.3, -0.25) is 0 Å². The Morgan fingerprint density at radius 2 is 1.88 bits per heavy atom. The number of nitrogens with zero attached hydrogens (tertiary/aromatic N) is 3. The lowest BCUT2D eigenvalue weighted by molar-refractivity contribution is 0.471. The van der Waals surface area contributed by atoms with Gasteiger partial charge in [0.15, 0.2) is 5.84 Å². The van der Waals surface area contributed by atoms with Crippen molar-refractivity contribution in [2.45, 2.75) is 13.8 Å². The number of amidine groups is 1. The Morgan fingerprint density at radius 1 is 1.18 bits per heavy atom. The maximum absolute atomic E-state index is 9.49. The van der Waals surface area contributed by atoms with E-state index in [1.807, 2.05) is 0 Å². The second-order valence-electron chi connectivity index (χ2n) is 3.83. The van der Waals surface area contributed by atoms with Gasteiger partial charge >= 0.3 is 0 Å². The number of aryl methyl sites for hydroxylation is 1. The van der Waals surface area contributed by atoms with Crippen molar-refractivity contribution in [2.75, 3.05) is 5.73 Å². The summed E-state index contributed by atoms with van der Waals surface area (Å²) < 4.78 is 0. The molecule has 1 aliphatic rings. The first-order chi connectivity index (χ1) is 7.99. The van der Waals surface area contributed by atoms with Crippen molar-refractivity contribution in [1.29, 1.82) is 0 Å². The number of hydrogen-bond donors (Lipinski definition) is 3. The van der Waals surface area contributed by atoms with Crippen molar-refractivity contribution >= 4 is 28.6 Å². The van der Waals surface area contributed by atoms with Gasteiger partial charge in [0.25, 0.3) is 0 Å². The summed E-state index contributed by atoms with van der Waals surface area (Å²) in [7, 11) is 0. The number of hydrogen-bond acceptors (Lipinski definition) is 6. The molecule has 6 nitrogen and oxygen atoms in total. The van der Waals surface area contributed by atoms with Gasteiger partial charge in [0, 0.05) is 6.07 Å². The van der Waals surface area contributed by atoms with Crippen molar-refractivity contribution in [2.24, 2.45) is 20.9 Å². The molecule has 1 aliphatic heterocycles. The highest BCUT2D eigenvalue weighted by atomic mass is 16.3. The molecule has 5 N–H and O–H groups in total. The highest BCUT2D eigenvalue weighted by Gasteiger charge is 2.16. The summed E-state index contributed by atoms with van der Waals surface area (Å²) in [6.45, 7) is 3.54. The van der Waals surface area contributed by atoms with Crippen molar-refractivity contribution in [3.05, 3.63) is 17.7 Å². The van der Waals surface area contributed by atoms with Crippen LogP contribution in [0.15, 0.2) is 27.3 Å². The van der Waals surface area contributed by atoms with Gasteiger partial charge in [-0.05, 0) is 25.5 Å². The third-order valence-electron chi connectivity index (χ3n) is 2.47. The van der Waals surface area contributed by atoms with Gasteiger partial charge in [-0.2, -0.15) is 5.10 Å². The molecular formula is C11H13N5O. The monoisotopic (exact) mass is 231 g/mol. The zero-order chi connectivity index (χ0) is 12.6. The SMILES string of the molecule is CC1=NN=C(N)C1=Nc1cc(C)c(O)cc1N. The van der Waals surface area contributed by atoms with Crippen molar-refractivity contribution < 1.29 is 5.11 Å². The van der Waals surface area contributed by atoms with Crippen LogP contribution in [0, 0.1) is 6.92 Å². The molecule has 1 aromatic rings. The number of phenols is 1. The summed E-state index contributed by atoms with van der Waals surface area (Å²) >= 11 is 0. The predicted molar refractivity (Wildman–Crippen MR) is 69.1 cm³/mol. The molecule has 17 heavy (non-hydrogen) atoms. The van der Waals surface area contributed by atoms with Crippen LogP contribution in [0.1, 0.15) is 12.5 Å². The van der Waals surface area contributed by atoms with Crippen LogP contribution in [-0.2, 0) is 0 Å². The van der Waals surface area contributed by atoms with Crippen LogP contribution < -0.4 is 11.5 Å². The first-order valence-electron chi connectivity index (χ1n) is 5.05. The molecule has 0 saturated carbocycles. The summed E-state index contributed by atoms with van der Waals surface area (Å²) in [5.41, 5.74) is 14.2. The largest absolute Gasteiger partial charge is 0.508 e. The standard InChI is InChI=1S/C11H13N5O/c1-5-3-8(7(12)4-9(5)17)14-10-6(2)15-16-11(10)13/h3-4,17H,12H2,1-2H3,(H2,13,14,16). The molecule has 0 aliphatic carbocycles. The van der Waals surface area contributed by atoms with Gasteiger partial charge in [0.2, 0.25) is 0 Å². The summed E-state index contributed by atoms with van der Waals surface area (Å²) in [6.07, 6.45) is 0. The van der Waals surface area contributed by atoms with Gasteiger partial charge in [-0.25, -0.2) is 4.99 Å². The molecule has 0 saturated heterocycles. The molecule has 2 rings (SSSR count). The molecule has 0 aromatic heterocycles. The zero-order valence-electron chi connectivity index (χ0n) is 9.60. The fourth-order valence-corrected chi connectivity index (χ4v) is 1.46. The molecule has 0 bridgehead atoms. The fourth-order valence-electron chi connectivity index (χ4n) is 1.46. The third kappa shape index (κ3) is 1.96. The number of rotatable bonds is 1. The van der Waals surface area contributed by atoms with E-state index in [0.29, 0.717) is 28.4 Å². The molecule has 0 unspecified atom stereocenters. The summed E-state index contributed by atoms with van der Waals surface area (Å²) in [5.74, 6) is 0.414. The van der Waals surface area contributed by atoms with Crippen molar-refractivity contribution in [3.63, 3.8) is 0 Å². The van der Waals surface area contributed by atoms with Gasteiger partial charge in [-0.15, -0.1) is 5.10 Å². The van der Waals surface area contributed by atoms with Crippen LogP contribution in [0.2, 0.25) is 0 Å². The average Bonchev–Trinajstić information content (AvgIpc) is 2.57. The second-order valence-corrected chi connectivity index (χ2v) is 3.83. The Kier molecular flexibility index (Phi) is 2.55. The Morgan fingerprint density at radius 3 is 2.47 bits per heavy atom. The van der Waals surface area contributed by atoms with Gasteiger partial charge < -0.3 is 16.6 Å². The molecule has 0 radical (unpaired) electrons. The van der Waals surface area contributed by atoms with Crippen LogP contribution >= 0.6 is 0 Å². The summed E-state index contributed by atoms with van der Waals surface area (Å²) in [4.78, 5) is 4.32. The van der Waals surface area contributed by atoms with Crippen molar-refractivity contribution in [3.8, 4) is 5.75 Å². The van der Waals surface area contributed by atoms with E-state index in [0.717, 1.165) is 0 Å². The summed E-state index contributed by atoms with van der Waals surface area (Å²) in [6, 6.07) is 3.15. The molecule has 0 atom stereocenters. The van der Waals surface area contributed by atoms with E-state index in [9.17, 15) is 5.11 Å². The lowest BCUT2D eigenvalue weighted by Gasteiger charge is -2.05. The molecule has 6 heteroatoms. The van der Waals surface area contributed by atoms with Gasteiger partial charge in [-0.1, -0.05) is 0 Å². The Bertz CT molecular complexity index is 551. The molecule has 88 valence electrons. The number of nitrogen functional groups attached to an aromatic ring is 1. The van der Waals surface area contributed by atoms with E-state index in [-0.39, 0.29) is 11.6 Å². The first kappa shape index (κ1) is 11.1. The Labute approximate surface area is 98.4 Å². The fraction of sp³-hybridized carbons (Fsp3) is 0.182. The van der Waals surface area contributed by atoms with Gasteiger partial charge in [0.1, 0.15) is 11.5 Å². The van der Waals surface area contributed by atoms with E-state index < -0.39 is 0 Å². The first-order valence-corrected chi connectivity index (χ1v) is 5.05. The highest BCUT2D eigenvalue weighted by Crippen LogP contribution is 2.30. The lowest BCUT2D eigenvalue weighted by Crippen LogP contribution is -2.25. The quantitative estimate of drug-likeness (QED) is 0.629. The minimum Gasteiger partial charge on any atom is -0.508 e. The predicted octanol–water partition coefficient (Wildman–Crippen LogP) is 1.10. The Hall–Kier alpha value is -2.37. The maximum atomic E-state index is 9.49. The van der Waals surface area contributed by atoms with Crippen LogP contribution in [0.5, 0.6) is 5.75 Å². The van der Waals surface area contributed by atoms with E-state index in [1.165, 1.54) is 6.07 Å². The zero-order valence-corrected chi connectivity index (χ0v) is 9.60. The molecular weight excluding hydrogens is 218 g/mol. The minimum absolute atomic E-state index is 0.143. The maximum Gasteiger partial charge on any atom is 0.173 e. The van der Waals surface area contributed by atoms with E-state index in [1.54, 1.807) is 19.9 Å². The smallest absolute Gasteiger partial charge is 0.173 e. The number of anilines is 1. The number of benzene rings is 1. The third-order valence-corrected chi connectivity index (χ3v) is 2.47. The number of phenolic OH excluding ortho intramolecular Hbond substituents is 1. The second kappa shape index (κ2) is 3.89. The van der Waals surface area contributed by atoms with E-state index in [4.69, 9.17) is 11.5 Å². The average molecular weight is 231 g/mol. The number of aromatic hydroxyl groups is 1. The van der Waals surface area contributed by atoms with E-state index >= 15 is 0 Å². The molecule has 0 spiro atoms. The molecule has 1 heterocycles. The van der Waals surface area contributed by atoms with Crippen LogP contribution in [0.4, 0.5) is 11.4 Å². The lowest BCUT2D eigenvalue weighted by atomic mass is 10.1. The number of aliphatic imine (C=N–C) groups is 1. The minimum atomic E-state index is 0.143. The Balaban J connectivity index is 2.50. The number of nitrogens with two attached hydrogens (primary N) is 2. The molecule has 0 amide bonds. The van der Waals surface area contributed by atoms with Gasteiger partial charge in [0.05, 0.1) is 17.1 Å². The van der Waals surface area contributed by atoms with Crippen molar-refractivity contribution in [1.82, 2.24) is 0 Å². The molecule has 0 fully saturated rings. The topological polar surface area (TPSA) is 109 Å². The van der Waals surface area contributed by atoms with Crippen LogP contribution in [-0.4, -0.2) is 22.4 Å².